The summed E-state index contributed by atoms with van der Waals surface area (Å²) in [5.74, 6) is -1.48. The van der Waals surface area contributed by atoms with E-state index in [4.69, 9.17) is 9.84 Å². The third kappa shape index (κ3) is 4.86. The molecule has 1 fully saturated rings. The quantitative estimate of drug-likeness (QED) is 0.656. The molecule has 0 saturated carbocycles. The maximum atomic E-state index is 12.7. The Kier molecular flexibility index (Phi) is 6.51. The van der Waals surface area contributed by atoms with E-state index in [2.05, 4.69) is 10.3 Å². The van der Waals surface area contributed by atoms with E-state index in [1.165, 1.54) is 12.3 Å². The fraction of sp³-hybridized carbons (Fsp3) is 0.333. The van der Waals surface area contributed by atoms with Gasteiger partial charge in [-0.3, -0.25) is 14.4 Å². The highest BCUT2D eigenvalue weighted by Gasteiger charge is 2.26. The second kappa shape index (κ2) is 9.25. The van der Waals surface area contributed by atoms with E-state index in [0.29, 0.717) is 37.2 Å². The summed E-state index contributed by atoms with van der Waals surface area (Å²) in [6, 6.07) is 8.46. The Bertz CT molecular complexity index is 936. The number of hydrogen-bond acceptors (Lipinski definition) is 6. The van der Waals surface area contributed by atoms with Crippen LogP contribution in [0, 0.1) is 0 Å². The second-order valence-corrected chi connectivity index (χ2v) is 7.01. The highest BCUT2D eigenvalue weighted by molar-refractivity contribution is 5.96. The van der Waals surface area contributed by atoms with Crippen LogP contribution in [-0.4, -0.2) is 64.6 Å². The van der Waals surface area contributed by atoms with Crippen molar-refractivity contribution in [2.24, 2.45) is 0 Å². The molecule has 0 atom stereocenters. The minimum atomic E-state index is -1.18. The summed E-state index contributed by atoms with van der Waals surface area (Å²) >= 11 is 0. The van der Waals surface area contributed by atoms with Gasteiger partial charge in [-0.2, -0.15) is 0 Å². The van der Waals surface area contributed by atoms with Crippen LogP contribution in [0.2, 0.25) is 0 Å². The first-order valence-corrected chi connectivity index (χ1v) is 9.51. The molecule has 158 valence electrons. The van der Waals surface area contributed by atoms with Crippen molar-refractivity contribution in [3.8, 4) is 11.5 Å². The van der Waals surface area contributed by atoms with Gasteiger partial charge in [-0.1, -0.05) is 0 Å². The number of nitrogens with one attached hydrogen (secondary N) is 1. The van der Waals surface area contributed by atoms with Gasteiger partial charge in [0, 0.05) is 24.8 Å². The van der Waals surface area contributed by atoms with Crippen molar-refractivity contribution in [2.75, 3.05) is 26.7 Å². The molecule has 0 radical (unpaired) electrons. The van der Waals surface area contributed by atoms with Gasteiger partial charge in [-0.15, -0.1) is 0 Å². The van der Waals surface area contributed by atoms with Crippen molar-refractivity contribution < 1.29 is 29.3 Å². The zero-order valence-electron chi connectivity index (χ0n) is 16.5. The minimum absolute atomic E-state index is 0.0393. The fourth-order valence-electron chi connectivity index (χ4n) is 3.44. The molecular formula is C21H23N3O6. The smallest absolute Gasteiger partial charge is 0.322 e. The van der Waals surface area contributed by atoms with Crippen LogP contribution in [0.5, 0.6) is 11.5 Å². The van der Waals surface area contributed by atoms with Crippen molar-refractivity contribution in [3.63, 3.8) is 0 Å². The third-order valence-corrected chi connectivity index (χ3v) is 5.09. The Labute approximate surface area is 173 Å². The molecule has 2 aromatic rings. The number of pyridine rings is 1. The number of aromatic nitrogens is 1. The summed E-state index contributed by atoms with van der Waals surface area (Å²) in [6.07, 6.45) is 2.92. The van der Waals surface area contributed by atoms with Crippen molar-refractivity contribution in [1.82, 2.24) is 15.2 Å². The first-order chi connectivity index (χ1) is 14.4. The van der Waals surface area contributed by atoms with Gasteiger partial charge in [0.05, 0.1) is 7.11 Å². The van der Waals surface area contributed by atoms with E-state index < -0.39 is 18.4 Å². The summed E-state index contributed by atoms with van der Waals surface area (Å²) < 4.78 is 5.11. The SMILES string of the molecule is COc1ccc(C(=O)N2CCC(c3cnc(C(=O)NCC(=O)O)c(O)c3)CC2)cc1. The largest absolute Gasteiger partial charge is 0.505 e. The van der Waals surface area contributed by atoms with Gasteiger partial charge in [0.25, 0.3) is 11.8 Å². The zero-order chi connectivity index (χ0) is 21.7. The summed E-state index contributed by atoms with van der Waals surface area (Å²) in [7, 11) is 1.57. The van der Waals surface area contributed by atoms with Gasteiger partial charge in [-0.05, 0) is 54.7 Å². The first kappa shape index (κ1) is 21.1. The summed E-state index contributed by atoms with van der Waals surface area (Å²) in [4.78, 5) is 40.9. The van der Waals surface area contributed by atoms with Gasteiger partial charge < -0.3 is 25.2 Å². The number of piperidine rings is 1. The highest BCUT2D eigenvalue weighted by atomic mass is 16.5. The van der Waals surface area contributed by atoms with Gasteiger partial charge in [0.1, 0.15) is 18.0 Å². The number of hydrogen-bond donors (Lipinski definition) is 3. The molecule has 1 saturated heterocycles. The lowest BCUT2D eigenvalue weighted by atomic mass is 9.90. The van der Waals surface area contributed by atoms with Crippen LogP contribution in [0.4, 0.5) is 0 Å². The molecule has 3 N–H and O–H groups in total. The molecule has 0 unspecified atom stereocenters. The Balaban J connectivity index is 1.60. The van der Waals surface area contributed by atoms with Gasteiger partial charge in [-0.25, -0.2) is 4.98 Å². The third-order valence-electron chi connectivity index (χ3n) is 5.09. The summed E-state index contributed by atoms with van der Waals surface area (Å²) in [6.45, 7) is 0.580. The molecule has 1 aromatic carbocycles. The van der Waals surface area contributed by atoms with Crippen LogP contribution in [0.25, 0.3) is 0 Å². The number of carbonyl (C=O) groups excluding carboxylic acids is 2. The monoisotopic (exact) mass is 413 g/mol. The van der Waals surface area contributed by atoms with Gasteiger partial charge in [0.2, 0.25) is 0 Å². The summed E-state index contributed by atoms with van der Waals surface area (Å²) in [5, 5.41) is 20.9. The number of carbonyl (C=O) groups is 3. The molecule has 1 aliphatic heterocycles. The van der Waals surface area contributed by atoms with Crippen molar-refractivity contribution in [3.05, 3.63) is 53.3 Å². The predicted octanol–water partition coefficient (Wildman–Crippen LogP) is 1.63. The van der Waals surface area contributed by atoms with Crippen LogP contribution < -0.4 is 10.1 Å². The van der Waals surface area contributed by atoms with E-state index in [9.17, 15) is 19.5 Å². The molecule has 9 nitrogen and oxygen atoms in total. The lowest BCUT2D eigenvalue weighted by molar-refractivity contribution is -0.135. The molecule has 3 rings (SSSR count). The van der Waals surface area contributed by atoms with Crippen LogP contribution >= 0.6 is 0 Å². The van der Waals surface area contributed by atoms with Crippen molar-refractivity contribution in [2.45, 2.75) is 18.8 Å². The van der Waals surface area contributed by atoms with E-state index in [1.54, 1.807) is 36.3 Å². The van der Waals surface area contributed by atoms with Crippen molar-refractivity contribution in [1.29, 1.82) is 0 Å². The average Bonchev–Trinajstić information content (AvgIpc) is 2.77. The maximum absolute atomic E-state index is 12.7. The predicted molar refractivity (Wildman–Crippen MR) is 107 cm³/mol. The number of nitrogens with zero attached hydrogens (tertiary/aromatic N) is 2. The Morgan fingerprint density at radius 1 is 1.20 bits per heavy atom. The molecule has 0 aliphatic carbocycles. The van der Waals surface area contributed by atoms with E-state index in [-0.39, 0.29) is 23.3 Å². The molecule has 1 aliphatic rings. The van der Waals surface area contributed by atoms with E-state index >= 15 is 0 Å². The number of rotatable bonds is 6. The Morgan fingerprint density at radius 3 is 2.43 bits per heavy atom. The highest BCUT2D eigenvalue weighted by Crippen LogP contribution is 2.31. The Hall–Kier alpha value is -3.62. The number of aliphatic carboxylic acids is 1. The van der Waals surface area contributed by atoms with E-state index in [1.807, 2.05) is 0 Å². The van der Waals surface area contributed by atoms with Gasteiger partial charge >= 0.3 is 5.97 Å². The topological polar surface area (TPSA) is 129 Å². The molecular weight excluding hydrogens is 390 g/mol. The van der Waals surface area contributed by atoms with Crippen LogP contribution in [0.3, 0.4) is 0 Å². The average molecular weight is 413 g/mol. The molecule has 30 heavy (non-hydrogen) atoms. The number of methoxy groups -OCH3 is 1. The molecule has 1 aromatic heterocycles. The van der Waals surface area contributed by atoms with Crippen molar-refractivity contribution >= 4 is 17.8 Å². The molecule has 2 heterocycles. The molecule has 0 spiro atoms. The van der Waals surface area contributed by atoms with Crippen LogP contribution in [0.15, 0.2) is 36.5 Å². The lowest BCUT2D eigenvalue weighted by Gasteiger charge is -2.32. The number of likely N-dealkylation sites (tertiary alicyclic amines) is 1. The zero-order valence-corrected chi connectivity index (χ0v) is 16.5. The van der Waals surface area contributed by atoms with Crippen LogP contribution in [-0.2, 0) is 4.79 Å². The number of aromatic hydroxyl groups is 1. The molecule has 0 bridgehead atoms. The van der Waals surface area contributed by atoms with E-state index in [0.717, 1.165) is 5.56 Å². The Morgan fingerprint density at radius 2 is 1.87 bits per heavy atom. The lowest BCUT2D eigenvalue weighted by Crippen LogP contribution is -2.38. The number of carboxylic acid groups (broad SMARTS) is 1. The first-order valence-electron chi connectivity index (χ1n) is 9.51. The summed E-state index contributed by atoms with van der Waals surface area (Å²) in [5.41, 5.74) is 1.16. The normalized spacial score (nSPS) is 14.2. The molecule has 2 amide bonds. The number of ether oxygens (including phenoxy) is 1. The standard InChI is InChI=1S/C21H23N3O6/c1-30-16-4-2-14(3-5-16)21(29)24-8-6-13(7-9-24)15-10-17(25)19(22-11-15)20(28)23-12-18(26)27/h2-5,10-11,13,25H,6-9,12H2,1H3,(H,23,28)(H,26,27). The second-order valence-electron chi connectivity index (χ2n) is 7.01. The fourth-order valence-corrected chi connectivity index (χ4v) is 3.44. The number of amides is 2. The molecule has 9 heteroatoms. The van der Waals surface area contributed by atoms with Gasteiger partial charge in [0.15, 0.2) is 5.69 Å². The minimum Gasteiger partial charge on any atom is -0.505 e. The number of benzene rings is 1. The van der Waals surface area contributed by atoms with Crippen LogP contribution in [0.1, 0.15) is 45.2 Å². The number of carboxylic acids is 1. The maximum Gasteiger partial charge on any atom is 0.322 e.